The van der Waals surface area contributed by atoms with Crippen molar-refractivity contribution in [2.24, 2.45) is 0 Å². The number of benzene rings is 1. The maximum Gasteiger partial charge on any atom is 0.136 e. The van der Waals surface area contributed by atoms with Crippen LogP contribution in [0.5, 0.6) is 0 Å². The van der Waals surface area contributed by atoms with Crippen molar-refractivity contribution in [3.05, 3.63) is 46.1 Å². The molecule has 0 aliphatic rings. The zero-order valence-corrected chi connectivity index (χ0v) is 13.1. The van der Waals surface area contributed by atoms with Gasteiger partial charge in [-0.1, -0.05) is 44.0 Å². The summed E-state index contributed by atoms with van der Waals surface area (Å²) >= 11 is 6.19. The molecule has 0 bridgehead atoms. The number of hydrogen-bond donors (Lipinski definition) is 0. The molecule has 0 amide bonds. The van der Waals surface area contributed by atoms with Gasteiger partial charge in [-0.05, 0) is 26.0 Å². The van der Waals surface area contributed by atoms with Crippen molar-refractivity contribution in [1.29, 1.82) is 0 Å². The Morgan fingerprint density at radius 2 is 1.75 bits per heavy atom. The van der Waals surface area contributed by atoms with Crippen molar-refractivity contribution >= 4 is 11.6 Å². The van der Waals surface area contributed by atoms with E-state index < -0.39 is 0 Å². The number of aryl methyl sites for hydroxylation is 1. The second kappa shape index (κ2) is 5.13. The number of halogens is 2. The van der Waals surface area contributed by atoms with E-state index >= 15 is 0 Å². The second-order valence-corrected chi connectivity index (χ2v) is 6.40. The van der Waals surface area contributed by atoms with E-state index in [2.05, 4.69) is 9.97 Å². The molecule has 2 aromatic rings. The first-order chi connectivity index (χ1) is 9.20. The minimum Gasteiger partial charge on any atom is -0.232 e. The fourth-order valence-electron chi connectivity index (χ4n) is 1.91. The largest absolute Gasteiger partial charge is 0.232 e. The first kappa shape index (κ1) is 14.9. The molecule has 0 spiro atoms. The molecular formula is C16H18ClFN2. The highest BCUT2D eigenvalue weighted by Crippen LogP contribution is 2.31. The van der Waals surface area contributed by atoms with Crippen molar-refractivity contribution in [3.63, 3.8) is 0 Å². The Labute approximate surface area is 124 Å². The monoisotopic (exact) mass is 292 g/mol. The molecule has 4 heteroatoms. The van der Waals surface area contributed by atoms with Crippen molar-refractivity contribution in [2.75, 3.05) is 0 Å². The average molecular weight is 293 g/mol. The van der Waals surface area contributed by atoms with Gasteiger partial charge in [0.25, 0.3) is 0 Å². The third-order valence-corrected chi connectivity index (χ3v) is 3.50. The lowest BCUT2D eigenvalue weighted by Gasteiger charge is -2.19. The summed E-state index contributed by atoms with van der Waals surface area (Å²) in [5.74, 6) is 0.317. The number of nitrogens with zero attached hydrogens (tertiary/aromatic N) is 2. The Bertz CT molecular complexity index is 660. The molecule has 0 unspecified atom stereocenters. The van der Waals surface area contributed by atoms with Crippen LogP contribution in [0.2, 0.25) is 5.15 Å². The molecule has 0 atom stereocenters. The SMILES string of the molecule is Cc1ccc(F)c(-c2nc(C(C)(C)C)nc(Cl)c2C)c1. The molecule has 0 aliphatic heterocycles. The molecular weight excluding hydrogens is 275 g/mol. The third kappa shape index (κ3) is 2.83. The molecule has 0 saturated carbocycles. The van der Waals surface area contributed by atoms with Gasteiger partial charge in [0.15, 0.2) is 0 Å². The van der Waals surface area contributed by atoms with Gasteiger partial charge >= 0.3 is 0 Å². The standard InChI is InChI=1S/C16H18ClFN2/c1-9-6-7-12(18)11(8-9)13-10(2)14(17)20-15(19-13)16(3,4)5/h6-8H,1-5H3. The smallest absolute Gasteiger partial charge is 0.136 e. The van der Waals surface area contributed by atoms with Crippen LogP contribution in [0.15, 0.2) is 18.2 Å². The van der Waals surface area contributed by atoms with Crippen molar-refractivity contribution < 1.29 is 4.39 Å². The van der Waals surface area contributed by atoms with Gasteiger partial charge in [0.05, 0.1) is 5.69 Å². The first-order valence-electron chi connectivity index (χ1n) is 6.51. The lowest BCUT2D eigenvalue weighted by molar-refractivity contribution is 0.545. The van der Waals surface area contributed by atoms with Crippen LogP contribution >= 0.6 is 11.6 Å². The molecule has 1 heterocycles. The van der Waals surface area contributed by atoms with E-state index in [1.165, 1.54) is 6.07 Å². The summed E-state index contributed by atoms with van der Waals surface area (Å²) < 4.78 is 14.1. The maximum absolute atomic E-state index is 14.1. The summed E-state index contributed by atoms with van der Waals surface area (Å²) in [6, 6.07) is 4.98. The van der Waals surface area contributed by atoms with Crippen LogP contribution in [0.4, 0.5) is 4.39 Å². The van der Waals surface area contributed by atoms with Crippen LogP contribution in [0.25, 0.3) is 11.3 Å². The van der Waals surface area contributed by atoms with Gasteiger partial charge in [-0.15, -0.1) is 0 Å². The first-order valence-corrected chi connectivity index (χ1v) is 6.89. The van der Waals surface area contributed by atoms with Crippen LogP contribution in [0.1, 0.15) is 37.7 Å². The van der Waals surface area contributed by atoms with Crippen LogP contribution in [0, 0.1) is 19.7 Å². The summed E-state index contributed by atoms with van der Waals surface area (Å²) in [6.45, 7) is 9.75. The van der Waals surface area contributed by atoms with E-state index in [1.54, 1.807) is 12.1 Å². The van der Waals surface area contributed by atoms with E-state index in [0.29, 0.717) is 27.8 Å². The van der Waals surface area contributed by atoms with Gasteiger partial charge in [-0.2, -0.15) is 0 Å². The molecule has 20 heavy (non-hydrogen) atoms. The maximum atomic E-state index is 14.1. The summed E-state index contributed by atoms with van der Waals surface area (Å²) in [6.07, 6.45) is 0. The fraction of sp³-hybridized carbons (Fsp3) is 0.375. The molecule has 1 aromatic carbocycles. The van der Waals surface area contributed by atoms with E-state index in [9.17, 15) is 4.39 Å². The quantitative estimate of drug-likeness (QED) is 0.702. The highest BCUT2D eigenvalue weighted by Gasteiger charge is 2.22. The van der Waals surface area contributed by atoms with Gasteiger partial charge in [0.2, 0.25) is 0 Å². The minimum absolute atomic E-state index is 0.244. The Hall–Kier alpha value is -1.48. The summed E-state index contributed by atoms with van der Waals surface area (Å²) in [7, 11) is 0. The fourth-order valence-corrected chi connectivity index (χ4v) is 2.08. The van der Waals surface area contributed by atoms with E-state index in [4.69, 9.17) is 11.6 Å². The van der Waals surface area contributed by atoms with Gasteiger partial charge in [-0.25, -0.2) is 14.4 Å². The van der Waals surface area contributed by atoms with Gasteiger partial charge in [-0.3, -0.25) is 0 Å². The lowest BCUT2D eigenvalue weighted by atomic mass is 9.95. The van der Waals surface area contributed by atoms with Crippen LogP contribution < -0.4 is 0 Å². The Morgan fingerprint density at radius 1 is 1.10 bits per heavy atom. The van der Waals surface area contributed by atoms with Gasteiger partial charge < -0.3 is 0 Å². The van der Waals surface area contributed by atoms with Crippen LogP contribution in [-0.4, -0.2) is 9.97 Å². The Balaban J connectivity index is 2.73. The predicted octanol–water partition coefficient (Wildman–Crippen LogP) is 4.85. The molecule has 0 N–H and O–H groups in total. The number of hydrogen-bond acceptors (Lipinski definition) is 2. The van der Waals surface area contributed by atoms with Crippen LogP contribution in [0.3, 0.4) is 0 Å². The number of rotatable bonds is 1. The van der Waals surface area contributed by atoms with Crippen LogP contribution in [-0.2, 0) is 5.41 Å². The molecule has 106 valence electrons. The molecule has 0 radical (unpaired) electrons. The van der Waals surface area contributed by atoms with E-state index in [0.717, 1.165) is 5.56 Å². The average Bonchev–Trinajstić information content (AvgIpc) is 2.34. The Kier molecular flexibility index (Phi) is 3.83. The molecule has 0 aliphatic carbocycles. The number of aromatic nitrogens is 2. The summed E-state index contributed by atoms with van der Waals surface area (Å²) in [4.78, 5) is 8.86. The molecule has 0 fully saturated rings. The zero-order chi connectivity index (χ0) is 15.1. The van der Waals surface area contributed by atoms with E-state index in [-0.39, 0.29) is 11.2 Å². The molecule has 2 rings (SSSR count). The third-order valence-electron chi connectivity index (χ3n) is 3.13. The minimum atomic E-state index is -0.298. The molecule has 1 aromatic heterocycles. The highest BCUT2D eigenvalue weighted by molar-refractivity contribution is 6.30. The predicted molar refractivity (Wildman–Crippen MR) is 80.6 cm³/mol. The molecule has 0 saturated heterocycles. The van der Waals surface area contributed by atoms with Crippen molar-refractivity contribution in [2.45, 2.75) is 40.0 Å². The second-order valence-electron chi connectivity index (χ2n) is 6.04. The summed E-state index contributed by atoms with van der Waals surface area (Å²) in [5, 5.41) is 0.376. The van der Waals surface area contributed by atoms with E-state index in [1.807, 2.05) is 34.6 Å². The topological polar surface area (TPSA) is 25.8 Å². The Morgan fingerprint density at radius 3 is 2.35 bits per heavy atom. The van der Waals surface area contributed by atoms with Crippen molar-refractivity contribution in [1.82, 2.24) is 9.97 Å². The lowest BCUT2D eigenvalue weighted by Crippen LogP contribution is -2.17. The summed E-state index contributed by atoms with van der Waals surface area (Å²) in [5.41, 5.74) is 2.47. The van der Waals surface area contributed by atoms with Gasteiger partial charge in [0, 0.05) is 16.5 Å². The van der Waals surface area contributed by atoms with Crippen molar-refractivity contribution in [3.8, 4) is 11.3 Å². The normalized spacial score (nSPS) is 11.8. The highest BCUT2D eigenvalue weighted by atomic mass is 35.5. The van der Waals surface area contributed by atoms with Gasteiger partial charge in [0.1, 0.15) is 16.8 Å². The zero-order valence-electron chi connectivity index (χ0n) is 12.4. The molecule has 2 nitrogen and oxygen atoms in total.